The number of fused-ring (bicyclic) bond motifs is 2. The van der Waals surface area contributed by atoms with Crippen molar-refractivity contribution < 1.29 is 0 Å². The first-order valence-corrected chi connectivity index (χ1v) is 6.82. The van der Waals surface area contributed by atoms with E-state index in [9.17, 15) is 0 Å². The fourth-order valence-corrected chi connectivity index (χ4v) is 2.72. The van der Waals surface area contributed by atoms with Gasteiger partial charge in [-0.15, -0.1) is 0 Å². The Morgan fingerprint density at radius 3 is 2.60 bits per heavy atom. The van der Waals surface area contributed by atoms with Gasteiger partial charge in [-0.1, -0.05) is 42.5 Å². The maximum Gasteiger partial charge on any atom is 0.0874 e. The van der Waals surface area contributed by atoms with E-state index < -0.39 is 0 Å². The summed E-state index contributed by atoms with van der Waals surface area (Å²) < 4.78 is 0. The monoisotopic (exact) mass is 258 g/mol. The summed E-state index contributed by atoms with van der Waals surface area (Å²) in [7, 11) is 0. The van der Waals surface area contributed by atoms with Crippen molar-refractivity contribution in [2.75, 3.05) is 4.90 Å². The summed E-state index contributed by atoms with van der Waals surface area (Å²) in [6, 6.07) is 18.8. The Kier molecular flexibility index (Phi) is 2.52. The molecule has 0 bridgehead atoms. The molecule has 2 nitrogen and oxygen atoms in total. The van der Waals surface area contributed by atoms with Crippen molar-refractivity contribution >= 4 is 22.8 Å². The van der Waals surface area contributed by atoms with E-state index in [0.29, 0.717) is 0 Å². The Hall–Kier alpha value is -2.61. The second kappa shape index (κ2) is 4.49. The lowest BCUT2D eigenvalue weighted by atomic mass is 10.0. The number of hydrogen-bond donors (Lipinski definition) is 0. The van der Waals surface area contributed by atoms with Crippen LogP contribution in [0.3, 0.4) is 0 Å². The van der Waals surface area contributed by atoms with E-state index >= 15 is 0 Å². The third-order valence-electron chi connectivity index (χ3n) is 3.63. The highest BCUT2D eigenvalue weighted by Gasteiger charge is 2.25. The fourth-order valence-electron chi connectivity index (χ4n) is 2.72. The van der Waals surface area contributed by atoms with Crippen molar-refractivity contribution in [3.05, 3.63) is 78.5 Å². The zero-order valence-corrected chi connectivity index (χ0v) is 11.0. The van der Waals surface area contributed by atoms with E-state index in [-0.39, 0.29) is 0 Å². The van der Waals surface area contributed by atoms with Crippen LogP contribution in [0.2, 0.25) is 0 Å². The molecule has 0 saturated carbocycles. The van der Waals surface area contributed by atoms with Gasteiger partial charge in [0.25, 0.3) is 0 Å². The molecule has 2 heteroatoms. The van der Waals surface area contributed by atoms with Crippen LogP contribution in [0, 0.1) is 0 Å². The molecule has 1 aliphatic heterocycles. The van der Waals surface area contributed by atoms with Crippen molar-refractivity contribution in [1.82, 2.24) is 0 Å². The largest absolute Gasteiger partial charge is 0.306 e. The smallest absolute Gasteiger partial charge is 0.0874 e. The zero-order valence-electron chi connectivity index (χ0n) is 11.0. The fraction of sp³-hybridized carbons (Fsp3) is 0.0556. The first kappa shape index (κ1) is 11.2. The van der Waals surface area contributed by atoms with Gasteiger partial charge in [0.2, 0.25) is 0 Å². The topological polar surface area (TPSA) is 15.6 Å². The van der Waals surface area contributed by atoms with Crippen LogP contribution in [0.5, 0.6) is 0 Å². The van der Waals surface area contributed by atoms with Gasteiger partial charge in [-0.05, 0) is 30.3 Å². The molecule has 0 amide bonds. The van der Waals surface area contributed by atoms with Gasteiger partial charge in [0, 0.05) is 12.1 Å². The van der Waals surface area contributed by atoms with E-state index in [1.54, 1.807) is 0 Å². The highest BCUT2D eigenvalue weighted by Crippen LogP contribution is 2.42. The Morgan fingerprint density at radius 1 is 0.900 bits per heavy atom. The minimum absolute atomic E-state index is 0.892. The van der Waals surface area contributed by atoms with Crippen LogP contribution in [-0.4, -0.2) is 5.71 Å². The Bertz CT molecular complexity index is 739. The van der Waals surface area contributed by atoms with Gasteiger partial charge >= 0.3 is 0 Å². The van der Waals surface area contributed by atoms with Gasteiger partial charge in [-0.2, -0.15) is 0 Å². The lowest BCUT2D eigenvalue weighted by molar-refractivity contribution is 1.16. The van der Waals surface area contributed by atoms with Gasteiger partial charge in [0.1, 0.15) is 0 Å². The van der Waals surface area contributed by atoms with Crippen LogP contribution in [0.15, 0.2) is 83.5 Å². The van der Waals surface area contributed by atoms with Gasteiger partial charge in [0.15, 0.2) is 0 Å². The van der Waals surface area contributed by atoms with Crippen LogP contribution in [0.4, 0.5) is 17.1 Å². The number of allylic oxidation sites excluding steroid dienone is 4. The minimum Gasteiger partial charge on any atom is -0.306 e. The highest BCUT2D eigenvalue weighted by molar-refractivity contribution is 6.11. The van der Waals surface area contributed by atoms with Gasteiger partial charge in [-0.25, -0.2) is 4.99 Å². The van der Waals surface area contributed by atoms with E-state index in [1.165, 1.54) is 11.4 Å². The number of rotatable bonds is 1. The molecular formula is C18H14N2. The number of anilines is 2. The lowest BCUT2D eigenvalue weighted by Crippen LogP contribution is -2.26. The summed E-state index contributed by atoms with van der Waals surface area (Å²) >= 11 is 0. The van der Waals surface area contributed by atoms with Gasteiger partial charge in [-0.3, -0.25) is 0 Å². The summed E-state index contributed by atoms with van der Waals surface area (Å²) in [5.74, 6) is 0. The number of para-hydroxylation sites is 3. The average molecular weight is 258 g/mol. The summed E-state index contributed by atoms with van der Waals surface area (Å²) in [6.45, 7) is 0. The summed E-state index contributed by atoms with van der Waals surface area (Å²) in [4.78, 5) is 7.09. The maximum atomic E-state index is 4.80. The zero-order chi connectivity index (χ0) is 13.4. The summed E-state index contributed by atoms with van der Waals surface area (Å²) in [5.41, 5.74) is 5.67. The first-order chi connectivity index (χ1) is 9.93. The number of benzene rings is 2. The molecule has 2 aromatic rings. The molecule has 1 heterocycles. The van der Waals surface area contributed by atoms with Gasteiger partial charge < -0.3 is 4.90 Å². The molecule has 96 valence electrons. The number of nitrogens with zero attached hydrogens (tertiary/aromatic N) is 2. The predicted octanol–water partition coefficient (Wildman–Crippen LogP) is 4.75. The van der Waals surface area contributed by atoms with E-state index in [4.69, 9.17) is 4.99 Å². The molecule has 2 aromatic carbocycles. The predicted molar refractivity (Wildman–Crippen MR) is 84.0 cm³/mol. The third kappa shape index (κ3) is 1.69. The second-order valence-electron chi connectivity index (χ2n) is 4.90. The van der Waals surface area contributed by atoms with Gasteiger partial charge in [0.05, 0.1) is 22.8 Å². The molecule has 0 aromatic heterocycles. The van der Waals surface area contributed by atoms with Crippen molar-refractivity contribution in [3.63, 3.8) is 0 Å². The molecular weight excluding hydrogens is 244 g/mol. The average Bonchev–Trinajstić information content (AvgIpc) is 2.53. The molecule has 20 heavy (non-hydrogen) atoms. The molecule has 0 spiro atoms. The molecule has 0 radical (unpaired) electrons. The standard InChI is InChI=1S/C18H14N2/c1-2-8-14(9-3-1)20-17-12-6-4-10-15(17)19-16-11-5-7-13-18(16)20/h1-10,12-13H,11H2. The number of hydrogen-bond acceptors (Lipinski definition) is 2. The lowest BCUT2D eigenvalue weighted by Gasteiger charge is -2.33. The van der Waals surface area contributed by atoms with Crippen molar-refractivity contribution in [2.45, 2.75) is 6.42 Å². The normalized spacial score (nSPS) is 16.1. The first-order valence-electron chi connectivity index (χ1n) is 6.82. The molecule has 1 aliphatic carbocycles. The van der Waals surface area contributed by atoms with Crippen molar-refractivity contribution in [2.24, 2.45) is 4.99 Å². The van der Waals surface area contributed by atoms with Crippen LogP contribution < -0.4 is 4.90 Å². The molecule has 0 saturated heterocycles. The van der Waals surface area contributed by atoms with E-state index in [1.807, 2.05) is 12.1 Å². The minimum atomic E-state index is 0.892. The van der Waals surface area contributed by atoms with Crippen molar-refractivity contribution in [3.8, 4) is 0 Å². The molecule has 2 aliphatic rings. The highest BCUT2D eigenvalue weighted by atomic mass is 15.2. The second-order valence-corrected chi connectivity index (χ2v) is 4.90. The third-order valence-corrected chi connectivity index (χ3v) is 3.63. The summed E-state index contributed by atoms with van der Waals surface area (Å²) in [6.07, 6.45) is 7.30. The molecule has 0 N–H and O–H groups in total. The molecule has 0 unspecified atom stereocenters. The Balaban J connectivity index is 1.97. The Morgan fingerprint density at radius 2 is 1.70 bits per heavy atom. The number of aliphatic imine (C=N–C) groups is 1. The summed E-state index contributed by atoms with van der Waals surface area (Å²) in [5, 5.41) is 0. The maximum absolute atomic E-state index is 4.80. The molecule has 0 atom stereocenters. The van der Waals surface area contributed by atoms with Crippen LogP contribution in [0.25, 0.3) is 0 Å². The van der Waals surface area contributed by atoms with Crippen LogP contribution in [-0.2, 0) is 0 Å². The van der Waals surface area contributed by atoms with Crippen LogP contribution in [0.1, 0.15) is 6.42 Å². The quantitative estimate of drug-likeness (QED) is 0.720. The van der Waals surface area contributed by atoms with Crippen LogP contribution >= 0.6 is 0 Å². The van der Waals surface area contributed by atoms with E-state index in [2.05, 4.69) is 65.6 Å². The van der Waals surface area contributed by atoms with E-state index in [0.717, 1.165) is 23.5 Å². The Labute approximate surface area is 118 Å². The SMILES string of the molecule is C1=CCC2=Nc3ccccc3N(c3ccccc3)C2=C1. The molecule has 4 rings (SSSR count). The van der Waals surface area contributed by atoms with Crippen molar-refractivity contribution in [1.29, 1.82) is 0 Å². The molecule has 0 fully saturated rings.